The predicted molar refractivity (Wildman–Crippen MR) is 129 cm³/mol. The Labute approximate surface area is 195 Å². The van der Waals surface area contributed by atoms with Crippen LogP contribution in [0.15, 0.2) is 95.4 Å². The van der Waals surface area contributed by atoms with E-state index in [1.165, 1.54) is 0 Å². The van der Waals surface area contributed by atoms with Gasteiger partial charge in [0.25, 0.3) is 0 Å². The van der Waals surface area contributed by atoms with E-state index in [2.05, 4.69) is 16.0 Å². The molecule has 0 saturated heterocycles. The van der Waals surface area contributed by atoms with E-state index >= 15 is 0 Å². The fourth-order valence-electron chi connectivity index (χ4n) is 3.57. The number of nitrogens with zero attached hydrogens (tertiary/aromatic N) is 2. The van der Waals surface area contributed by atoms with Gasteiger partial charge in [-0.3, -0.25) is 0 Å². The van der Waals surface area contributed by atoms with Crippen molar-refractivity contribution in [3.8, 4) is 17.4 Å². The average Bonchev–Trinajstić information content (AvgIpc) is 3.53. The number of nitriles is 1. The highest BCUT2D eigenvalue weighted by molar-refractivity contribution is 5.91. The molecule has 6 heteroatoms. The van der Waals surface area contributed by atoms with Gasteiger partial charge in [-0.1, -0.05) is 54.6 Å². The first kappa shape index (κ1) is 21.0. The summed E-state index contributed by atoms with van der Waals surface area (Å²) < 4.78 is 11.4. The molecule has 0 radical (unpaired) electrons. The number of esters is 1. The molecule has 164 valence electrons. The second-order valence-corrected chi connectivity index (χ2v) is 7.62. The summed E-state index contributed by atoms with van der Waals surface area (Å²) in [6.45, 7) is 0.207. The van der Waals surface area contributed by atoms with Gasteiger partial charge < -0.3 is 14.1 Å². The van der Waals surface area contributed by atoms with Crippen LogP contribution in [-0.2, 0) is 11.3 Å². The molecule has 1 N–H and O–H groups in total. The second kappa shape index (κ2) is 9.31. The van der Waals surface area contributed by atoms with Gasteiger partial charge in [-0.15, -0.1) is 0 Å². The van der Waals surface area contributed by atoms with Crippen molar-refractivity contribution in [2.75, 3.05) is 0 Å². The Kier molecular flexibility index (Phi) is 5.74. The normalized spacial score (nSPS) is 11.3. The largest absolute Gasteiger partial charge is 0.457 e. The third-order valence-corrected chi connectivity index (χ3v) is 5.27. The summed E-state index contributed by atoms with van der Waals surface area (Å²) in [6.07, 6.45) is 1.64. The van der Waals surface area contributed by atoms with Crippen molar-refractivity contribution in [3.63, 3.8) is 0 Å². The highest BCUT2D eigenvalue weighted by atomic mass is 16.5. The summed E-state index contributed by atoms with van der Waals surface area (Å²) >= 11 is 0. The van der Waals surface area contributed by atoms with Crippen molar-refractivity contribution in [2.24, 2.45) is 0 Å². The monoisotopic (exact) mass is 445 g/mol. The molecule has 0 unspecified atom stereocenters. The number of nitrogens with one attached hydrogen (secondary N) is 1. The number of hydrogen-bond acceptors (Lipinski definition) is 5. The van der Waals surface area contributed by atoms with Gasteiger partial charge in [-0.25, -0.2) is 9.78 Å². The molecule has 6 nitrogen and oxygen atoms in total. The van der Waals surface area contributed by atoms with Crippen LogP contribution in [0.1, 0.15) is 27.5 Å². The van der Waals surface area contributed by atoms with Crippen LogP contribution in [0.5, 0.6) is 0 Å². The number of ether oxygens (including phenoxy) is 1. The number of fused-ring (bicyclic) bond motifs is 1. The standard InChI is InChI=1S/C28H19N3O3/c29-17-22(27-30-24-11-4-5-12-25(24)31-27)16-23-13-14-26(34-23)20-9-6-10-21(15-20)28(32)33-18-19-7-2-1-3-8-19/h1-16H,18H2,(H,30,31)/b22-16+. The van der Waals surface area contributed by atoms with Crippen molar-refractivity contribution in [1.29, 1.82) is 5.26 Å². The van der Waals surface area contributed by atoms with E-state index in [0.717, 1.165) is 22.2 Å². The number of carbonyl (C=O) groups excluding carboxylic acids is 1. The molecule has 34 heavy (non-hydrogen) atoms. The van der Waals surface area contributed by atoms with Crippen molar-refractivity contribution in [3.05, 3.63) is 114 Å². The third-order valence-electron chi connectivity index (χ3n) is 5.27. The van der Waals surface area contributed by atoms with E-state index in [4.69, 9.17) is 9.15 Å². The fraction of sp³-hybridized carbons (Fsp3) is 0.0357. The van der Waals surface area contributed by atoms with Crippen molar-refractivity contribution in [1.82, 2.24) is 9.97 Å². The number of rotatable bonds is 6. The van der Waals surface area contributed by atoms with Crippen molar-refractivity contribution in [2.45, 2.75) is 6.61 Å². The van der Waals surface area contributed by atoms with E-state index < -0.39 is 5.97 Å². The van der Waals surface area contributed by atoms with Gasteiger partial charge in [-0.2, -0.15) is 5.26 Å². The third kappa shape index (κ3) is 4.50. The number of H-pyrrole nitrogens is 1. The summed E-state index contributed by atoms with van der Waals surface area (Å²) in [5, 5.41) is 9.65. The maximum atomic E-state index is 12.5. The summed E-state index contributed by atoms with van der Waals surface area (Å²) in [4.78, 5) is 20.1. The Morgan fingerprint density at radius 3 is 2.65 bits per heavy atom. The van der Waals surface area contributed by atoms with Gasteiger partial charge in [0.2, 0.25) is 0 Å². The lowest BCUT2D eigenvalue weighted by molar-refractivity contribution is 0.0473. The lowest BCUT2D eigenvalue weighted by atomic mass is 10.1. The maximum absolute atomic E-state index is 12.5. The molecule has 0 aliphatic heterocycles. The molecular weight excluding hydrogens is 426 g/mol. The van der Waals surface area contributed by atoms with Crippen LogP contribution in [0.2, 0.25) is 0 Å². The minimum atomic E-state index is -0.408. The van der Waals surface area contributed by atoms with Crippen molar-refractivity contribution >= 4 is 28.7 Å². The Morgan fingerprint density at radius 2 is 1.82 bits per heavy atom. The number of aromatic nitrogens is 2. The Hall–Kier alpha value is -4.89. The van der Waals surface area contributed by atoms with Crippen LogP contribution in [0.25, 0.3) is 34.0 Å². The number of benzene rings is 3. The van der Waals surface area contributed by atoms with Crippen LogP contribution in [0, 0.1) is 11.3 Å². The predicted octanol–water partition coefficient (Wildman–Crippen LogP) is 6.24. The first-order valence-electron chi connectivity index (χ1n) is 10.7. The molecule has 0 aliphatic carbocycles. The quantitative estimate of drug-likeness (QED) is 0.247. The Bertz CT molecular complexity index is 1500. The number of furan rings is 1. The summed E-state index contributed by atoms with van der Waals surface area (Å²) in [6, 6.07) is 29.9. The Morgan fingerprint density at radius 1 is 1.00 bits per heavy atom. The SMILES string of the molecule is N#C/C(=C\c1ccc(-c2cccc(C(=O)OCc3ccccc3)c2)o1)c1nc2ccccc2[nH]1. The summed E-state index contributed by atoms with van der Waals surface area (Å²) in [5.74, 6) is 1.15. The zero-order valence-corrected chi connectivity index (χ0v) is 18.1. The molecule has 5 aromatic rings. The molecule has 2 aromatic heterocycles. The van der Waals surface area contributed by atoms with E-state index in [0.29, 0.717) is 28.5 Å². The van der Waals surface area contributed by atoms with Crippen LogP contribution < -0.4 is 0 Å². The fourth-order valence-corrected chi connectivity index (χ4v) is 3.57. The lowest BCUT2D eigenvalue weighted by Crippen LogP contribution is -2.05. The molecule has 0 saturated carbocycles. The van der Waals surface area contributed by atoms with Gasteiger partial charge in [0.05, 0.1) is 22.2 Å². The van der Waals surface area contributed by atoms with E-state index in [-0.39, 0.29) is 6.61 Å². The molecule has 0 spiro atoms. The number of imidazole rings is 1. The molecule has 0 atom stereocenters. The molecule has 5 rings (SSSR count). The van der Waals surface area contributed by atoms with Gasteiger partial charge in [0.1, 0.15) is 30.0 Å². The number of carbonyl (C=O) groups is 1. The molecule has 3 aromatic carbocycles. The molecule has 2 heterocycles. The van der Waals surface area contributed by atoms with E-state index in [9.17, 15) is 10.1 Å². The average molecular weight is 445 g/mol. The van der Waals surface area contributed by atoms with Gasteiger partial charge in [0.15, 0.2) is 0 Å². The smallest absolute Gasteiger partial charge is 0.338 e. The lowest BCUT2D eigenvalue weighted by Gasteiger charge is -2.06. The molecular formula is C28H19N3O3. The highest BCUT2D eigenvalue weighted by Gasteiger charge is 2.12. The van der Waals surface area contributed by atoms with Crippen LogP contribution >= 0.6 is 0 Å². The van der Waals surface area contributed by atoms with E-state index in [1.807, 2.05) is 60.7 Å². The zero-order valence-electron chi connectivity index (χ0n) is 18.1. The van der Waals surface area contributed by atoms with Gasteiger partial charge >= 0.3 is 5.97 Å². The number of hydrogen-bond donors (Lipinski definition) is 1. The number of allylic oxidation sites excluding steroid dienone is 1. The maximum Gasteiger partial charge on any atom is 0.338 e. The topological polar surface area (TPSA) is 91.9 Å². The molecule has 0 fully saturated rings. The summed E-state index contributed by atoms with van der Waals surface area (Å²) in [7, 11) is 0. The minimum Gasteiger partial charge on any atom is -0.457 e. The van der Waals surface area contributed by atoms with Crippen LogP contribution in [0.4, 0.5) is 0 Å². The van der Waals surface area contributed by atoms with Gasteiger partial charge in [0, 0.05) is 11.6 Å². The molecule has 0 amide bonds. The zero-order chi connectivity index (χ0) is 23.3. The Balaban J connectivity index is 1.35. The van der Waals surface area contributed by atoms with Crippen molar-refractivity contribution < 1.29 is 13.9 Å². The minimum absolute atomic E-state index is 0.207. The van der Waals surface area contributed by atoms with Gasteiger partial charge in [-0.05, 0) is 42.0 Å². The number of aromatic amines is 1. The second-order valence-electron chi connectivity index (χ2n) is 7.62. The number of para-hydroxylation sites is 2. The van der Waals surface area contributed by atoms with Crippen LogP contribution in [0.3, 0.4) is 0 Å². The highest BCUT2D eigenvalue weighted by Crippen LogP contribution is 2.26. The summed E-state index contributed by atoms with van der Waals surface area (Å²) in [5.41, 5.74) is 4.09. The molecule has 0 aliphatic rings. The first-order valence-corrected chi connectivity index (χ1v) is 10.7. The van der Waals surface area contributed by atoms with Crippen LogP contribution in [-0.4, -0.2) is 15.9 Å². The first-order chi connectivity index (χ1) is 16.7. The molecule has 0 bridgehead atoms. The van der Waals surface area contributed by atoms with E-state index in [1.54, 1.807) is 36.4 Å².